The fraction of sp³-hybridized carbons (Fsp3) is 0.750. The van der Waals surface area contributed by atoms with Crippen molar-refractivity contribution < 1.29 is 9.90 Å². The fourth-order valence-corrected chi connectivity index (χ4v) is 4.72. The average Bonchev–Trinajstić information content (AvgIpc) is 3.06. The zero-order chi connectivity index (χ0) is 16.2. The Hall–Kier alpha value is -1.18. The van der Waals surface area contributed by atoms with E-state index in [2.05, 4.69) is 14.8 Å². The fourth-order valence-electron chi connectivity index (χ4n) is 3.87. The molecule has 1 aromatic heterocycles. The Morgan fingerprint density at radius 3 is 2.78 bits per heavy atom. The topological polar surface area (TPSA) is 82.7 Å². The Kier molecular flexibility index (Phi) is 5.50. The number of piperazine rings is 1. The normalized spacial score (nSPS) is 24.0. The summed E-state index contributed by atoms with van der Waals surface area (Å²) in [5.74, 6) is -0.472. The molecule has 7 heteroatoms. The van der Waals surface area contributed by atoms with E-state index in [1.54, 1.807) is 5.38 Å². The second-order valence-electron chi connectivity index (χ2n) is 6.52. The SMILES string of the molecule is NC(=O)c1csc(N2CCN(C3CCCCC3)C(CCO)C2)n1. The number of aliphatic hydroxyl groups is 1. The molecule has 23 heavy (non-hydrogen) atoms. The number of rotatable bonds is 5. The Labute approximate surface area is 141 Å². The van der Waals surface area contributed by atoms with Crippen LogP contribution in [-0.4, -0.2) is 59.2 Å². The lowest BCUT2D eigenvalue weighted by Crippen LogP contribution is -2.57. The highest BCUT2D eigenvalue weighted by Crippen LogP contribution is 2.29. The first-order valence-electron chi connectivity index (χ1n) is 8.56. The van der Waals surface area contributed by atoms with Gasteiger partial charge in [-0.05, 0) is 19.3 Å². The van der Waals surface area contributed by atoms with Gasteiger partial charge >= 0.3 is 0 Å². The summed E-state index contributed by atoms with van der Waals surface area (Å²) in [6, 6.07) is 1.03. The van der Waals surface area contributed by atoms with Crippen molar-refractivity contribution in [1.82, 2.24) is 9.88 Å². The first-order valence-corrected chi connectivity index (χ1v) is 9.44. The third-order valence-electron chi connectivity index (χ3n) is 5.05. The molecule has 128 valence electrons. The molecular formula is C16H26N4O2S. The number of hydrogen-bond donors (Lipinski definition) is 2. The summed E-state index contributed by atoms with van der Waals surface area (Å²) in [7, 11) is 0. The summed E-state index contributed by atoms with van der Waals surface area (Å²) in [5, 5.41) is 12.0. The molecule has 6 nitrogen and oxygen atoms in total. The van der Waals surface area contributed by atoms with Crippen LogP contribution in [0.3, 0.4) is 0 Å². The third-order valence-corrected chi connectivity index (χ3v) is 5.95. The number of nitrogens with two attached hydrogens (primary N) is 1. The molecular weight excluding hydrogens is 312 g/mol. The highest BCUT2D eigenvalue weighted by Gasteiger charge is 2.33. The van der Waals surface area contributed by atoms with Gasteiger partial charge in [-0.25, -0.2) is 4.98 Å². The van der Waals surface area contributed by atoms with E-state index in [-0.39, 0.29) is 6.61 Å². The summed E-state index contributed by atoms with van der Waals surface area (Å²) in [4.78, 5) is 20.4. The zero-order valence-corrected chi connectivity index (χ0v) is 14.3. The number of thiazole rings is 1. The minimum atomic E-state index is -0.472. The summed E-state index contributed by atoms with van der Waals surface area (Å²) in [6.45, 7) is 3.00. The van der Waals surface area contributed by atoms with Crippen molar-refractivity contribution in [1.29, 1.82) is 0 Å². The van der Waals surface area contributed by atoms with Gasteiger partial charge < -0.3 is 15.7 Å². The predicted molar refractivity (Wildman–Crippen MR) is 91.9 cm³/mol. The van der Waals surface area contributed by atoms with E-state index in [1.807, 2.05) is 0 Å². The van der Waals surface area contributed by atoms with Gasteiger partial charge in [0, 0.05) is 43.7 Å². The van der Waals surface area contributed by atoms with E-state index in [0.717, 1.165) is 31.2 Å². The van der Waals surface area contributed by atoms with Crippen molar-refractivity contribution in [2.24, 2.45) is 5.73 Å². The van der Waals surface area contributed by atoms with Gasteiger partial charge in [0.15, 0.2) is 5.13 Å². The van der Waals surface area contributed by atoms with E-state index in [0.29, 0.717) is 17.8 Å². The monoisotopic (exact) mass is 338 g/mol. The highest BCUT2D eigenvalue weighted by atomic mass is 32.1. The van der Waals surface area contributed by atoms with Crippen LogP contribution in [0.1, 0.15) is 49.0 Å². The molecule has 2 aliphatic rings. The third kappa shape index (κ3) is 3.84. The average molecular weight is 338 g/mol. The van der Waals surface area contributed by atoms with Crippen LogP contribution in [0.25, 0.3) is 0 Å². The quantitative estimate of drug-likeness (QED) is 0.849. The van der Waals surface area contributed by atoms with E-state index >= 15 is 0 Å². The highest BCUT2D eigenvalue weighted by molar-refractivity contribution is 7.13. The molecule has 1 saturated heterocycles. The van der Waals surface area contributed by atoms with Crippen molar-refractivity contribution >= 4 is 22.4 Å². The summed E-state index contributed by atoms with van der Waals surface area (Å²) >= 11 is 1.47. The van der Waals surface area contributed by atoms with Gasteiger partial charge in [-0.15, -0.1) is 11.3 Å². The molecule has 0 bridgehead atoms. The molecule has 1 aromatic rings. The molecule has 3 N–H and O–H groups in total. The first-order chi connectivity index (χ1) is 11.2. The number of carbonyl (C=O) groups excluding carboxylic acids is 1. The lowest BCUT2D eigenvalue weighted by Gasteiger charge is -2.46. The minimum Gasteiger partial charge on any atom is -0.396 e. The van der Waals surface area contributed by atoms with Gasteiger partial charge in [0.05, 0.1) is 0 Å². The van der Waals surface area contributed by atoms with E-state index in [4.69, 9.17) is 5.73 Å². The summed E-state index contributed by atoms with van der Waals surface area (Å²) in [6.07, 6.45) is 7.36. The van der Waals surface area contributed by atoms with Gasteiger partial charge in [0.1, 0.15) is 5.69 Å². The number of hydrogen-bond acceptors (Lipinski definition) is 6. The number of amides is 1. The Bertz CT molecular complexity index is 530. The minimum absolute atomic E-state index is 0.214. The lowest BCUT2D eigenvalue weighted by molar-refractivity contribution is 0.0758. The van der Waals surface area contributed by atoms with Crippen LogP contribution >= 0.6 is 11.3 Å². The Morgan fingerprint density at radius 1 is 1.35 bits per heavy atom. The molecule has 2 fully saturated rings. The lowest BCUT2D eigenvalue weighted by atomic mass is 9.92. The molecule has 1 amide bonds. The van der Waals surface area contributed by atoms with Gasteiger partial charge in [0.25, 0.3) is 5.91 Å². The van der Waals surface area contributed by atoms with Crippen molar-refractivity contribution in [2.75, 3.05) is 31.1 Å². The van der Waals surface area contributed by atoms with Crippen LogP contribution in [0, 0.1) is 0 Å². The van der Waals surface area contributed by atoms with E-state index in [9.17, 15) is 9.90 Å². The second kappa shape index (κ2) is 7.59. The molecule has 0 spiro atoms. The molecule has 0 radical (unpaired) electrons. The second-order valence-corrected chi connectivity index (χ2v) is 7.36. The van der Waals surface area contributed by atoms with E-state index < -0.39 is 5.91 Å². The van der Waals surface area contributed by atoms with Crippen LogP contribution < -0.4 is 10.6 Å². The molecule has 1 atom stereocenters. The molecule has 0 aromatic carbocycles. The van der Waals surface area contributed by atoms with Crippen LogP contribution in [0.5, 0.6) is 0 Å². The van der Waals surface area contributed by atoms with Gasteiger partial charge in [-0.1, -0.05) is 19.3 Å². The number of aliphatic hydroxyl groups excluding tert-OH is 1. The summed E-state index contributed by atoms with van der Waals surface area (Å²) < 4.78 is 0. The maximum atomic E-state index is 11.2. The van der Waals surface area contributed by atoms with Crippen molar-refractivity contribution in [3.8, 4) is 0 Å². The predicted octanol–water partition coefficient (Wildman–Crippen LogP) is 1.45. The maximum Gasteiger partial charge on any atom is 0.268 e. The van der Waals surface area contributed by atoms with Gasteiger partial charge in [-0.3, -0.25) is 9.69 Å². The molecule has 1 aliphatic carbocycles. The van der Waals surface area contributed by atoms with Crippen molar-refractivity contribution in [2.45, 2.75) is 50.6 Å². The van der Waals surface area contributed by atoms with Crippen LogP contribution in [-0.2, 0) is 0 Å². The van der Waals surface area contributed by atoms with Crippen molar-refractivity contribution in [3.63, 3.8) is 0 Å². The molecule has 1 saturated carbocycles. The maximum absolute atomic E-state index is 11.2. The number of nitrogens with zero attached hydrogens (tertiary/aromatic N) is 3. The number of carbonyl (C=O) groups is 1. The van der Waals surface area contributed by atoms with Crippen LogP contribution in [0.2, 0.25) is 0 Å². The zero-order valence-electron chi connectivity index (χ0n) is 13.5. The first kappa shape index (κ1) is 16.7. The molecule has 1 aliphatic heterocycles. The number of aromatic nitrogens is 1. The molecule has 3 rings (SSSR count). The largest absolute Gasteiger partial charge is 0.396 e. The standard InChI is InChI=1S/C16H26N4O2S/c17-15(22)14-11-23-16(18-14)19-7-8-20(13(10-19)6-9-21)12-4-2-1-3-5-12/h11-13,21H,1-10H2,(H2,17,22). The number of primary amides is 1. The van der Waals surface area contributed by atoms with Gasteiger partial charge in [0.2, 0.25) is 0 Å². The summed E-state index contributed by atoms with van der Waals surface area (Å²) in [5.41, 5.74) is 5.64. The van der Waals surface area contributed by atoms with Crippen LogP contribution in [0.15, 0.2) is 5.38 Å². The Balaban J connectivity index is 1.68. The van der Waals surface area contributed by atoms with Gasteiger partial charge in [-0.2, -0.15) is 0 Å². The number of anilines is 1. The van der Waals surface area contributed by atoms with E-state index in [1.165, 1.54) is 43.4 Å². The molecule has 2 heterocycles. The van der Waals surface area contributed by atoms with Crippen LogP contribution in [0.4, 0.5) is 5.13 Å². The van der Waals surface area contributed by atoms with Crippen molar-refractivity contribution in [3.05, 3.63) is 11.1 Å². The molecule has 1 unspecified atom stereocenters. The smallest absolute Gasteiger partial charge is 0.268 e. The Morgan fingerprint density at radius 2 is 2.13 bits per heavy atom.